The van der Waals surface area contributed by atoms with Crippen LogP contribution in [0.1, 0.15) is 12.8 Å². The van der Waals surface area contributed by atoms with E-state index < -0.39 is 0 Å². The molecule has 14 heavy (non-hydrogen) atoms. The van der Waals surface area contributed by atoms with Crippen molar-refractivity contribution in [3.63, 3.8) is 0 Å². The van der Waals surface area contributed by atoms with Gasteiger partial charge in [0, 0.05) is 6.04 Å². The molecule has 3 rings (SSSR count). The van der Waals surface area contributed by atoms with Gasteiger partial charge in [0.2, 0.25) is 0 Å². The van der Waals surface area contributed by atoms with Gasteiger partial charge in [-0.05, 0) is 25.0 Å². The molecule has 4 heteroatoms. The molecule has 1 N–H and O–H groups in total. The maximum atomic E-state index is 13.2. The van der Waals surface area contributed by atoms with Crippen LogP contribution < -0.4 is 5.32 Å². The Kier molecular flexibility index (Phi) is 1.50. The molecule has 3 nitrogen and oxygen atoms in total. The van der Waals surface area contributed by atoms with Crippen molar-refractivity contribution in [2.24, 2.45) is 0 Å². The first-order valence-electron chi connectivity index (χ1n) is 4.64. The van der Waals surface area contributed by atoms with Gasteiger partial charge in [-0.2, -0.15) is 4.98 Å². The molecule has 0 atom stereocenters. The molecule has 1 aliphatic rings. The minimum absolute atomic E-state index is 0.302. The molecule has 0 bridgehead atoms. The summed E-state index contributed by atoms with van der Waals surface area (Å²) < 4.78 is 18.5. The Morgan fingerprint density at radius 1 is 1.43 bits per heavy atom. The second kappa shape index (κ2) is 2.70. The number of aromatic nitrogens is 1. The van der Waals surface area contributed by atoms with Gasteiger partial charge in [0.25, 0.3) is 6.01 Å². The third-order valence-corrected chi connectivity index (χ3v) is 2.27. The van der Waals surface area contributed by atoms with E-state index in [2.05, 4.69) is 10.3 Å². The second-order valence-electron chi connectivity index (χ2n) is 3.52. The molecule has 0 spiro atoms. The van der Waals surface area contributed by atoms with Crippen LogP contribution in [0.4, 0.5) is 10.4 Å². The van der Waals surface area contributed by atoms with E-state index in [9.17, 15) is 4.39 Å². The minimum atomic E-state index is -0.338. The van der Waals surface area contributed by atoms with Crippen molar-refractivity contribution in [3.05, 3.63) is 24.0 Å². The van der Waals surface area contributed by atoms with Crippen molar-refractivity contribution in [1.82, 2.24) is 4.98 Å². The third kappa shape index (κ3) is 1.23. The van der Waals surface area contributed by atoms with E-state index in [1.165, 1.54) is 6.07 Å². The monoisotopic (exact) mass is 192 g/mol. The van der Waals surface area contributed by atoms with Gasteiger partial charge in [-0.1, -0.05) is 6.07 Å². The summed E-state index contributed by atoms with van der Waals surface area (Å²) in [6.07, 6.45) is 2.28. The summed E-state index contributed by atoms with van der Waals surface area (Å²) in [6.45, 7) is 0. The van der Waals surface area contributed by atoms with Crippen molar-refractivity contribution >= 4 is 17.1 Å². The largest absolute Gasteiger partial charge is 0.423 e. The number of benzene rings is 1. The quantitative estimate of drug-likeness (QED) is 0.794. The number of anilines is 1. The first kappa shape index (κ1) is 7.79. The molecule has 1 saturated carbocycles. The molecule has 0 saturated heterocycles. The predicted molar refractivity (Wildman–Crippen MR) is 50.6 cm³/mol. The molecule has 1 fully saturated rings. The van der Waals surface area contributed by atoms with Crippen LogP contribution in [0.15, 0.2) is 22.6 Å². The summed E-state index contributed by atoms with van der Waals surface area (Å²) in [5, 5.41) is 3.09. The number of fused-ring (bicyclic) bond motifs is 1. The fourth-order valence-electron chi connectivity index (χ4n) is 1.38. The molecule has 1 aliphatic carbocycles. The average molecular weight is 192 g/mol. The Bertz CT molecular complexity index is 476. The zero-order valence-electron chi connectivity index (χ0n) is 7.46. The Balaban J connectivity index is 2.05. The third-order valence-electron chi connectivity index (χ3n) is 2.27. The molecule has 1 aromatic carbocycles. The van der Waals surface area contributed by atoms with E-state index in [4.69, 9.17) is 4.42 Å². The van der Waals surface area contributed by atoms with Crippen LogP contribution in [0.2, 0.25) is 0 Å². The molecule has 72 valence electrons. The number of nitrogens with zero attached hydrogens (tertiary/aromatic N) is 1. The average Bonchev–Trinajstić information content (AvgIpc) is 2.84. The van der Waals surface area contributed by atoms with Crippen LogP contribution in [0.3, 0.4) is 0 Å². The van der Waals surface area contributed by atoms with Gasteiger partial charge in [0.15, 0.2) is 11.4 Å². The van der Waals surface area contributed by atoms with Crippen molar-refractivity contribution in [2.45, 2.75) is 18.9 Å². The minimum Gasteiger partial charge on any atom is -0.423 e. The second-order valence-corrected chi connectivity index (χ2v) is 3.52. The van der Waals surface area contributed by atoms with Crippen LogP contribution in [-0.2, 0) is 0 Å². The highest BCUT2D eigenvalue weighted by molar-refractivity contribution is 5.74. The molecule has 1 aromatic heterocycles. The number of hydrogen-bond donors (Lipinski definition) is 1. The lowest BCUT2D eigenvalue weighted by atomic mass is 10.3. The van der Waals surface area contributed by atoms with Crippen LogP contribution in [0.25, 0.3) is 11.1 Å². The smallest absolute Gasteiger partial charge is 0.296 e. The van der Waals surface area contributed by atoms with Gasteiger partial charge < -0.3 is 9.73 Å². The maximum absolute atomic E-state index is 13.2. The molecule has 0 amide bonds. The lowest BCUT2D eigenvalue weighted by molar-refractivity contribution is 0.612. The van der Waals surface area contributed by atoms with Crippen LogP contribution in [-0.4, -0.2) is 11.0 Å². The SMILES string of the molecule is Fc1cccc2oc(NC3CC3)nc12. The van der Waals surface area contributed by atoms with E-state index in [1.54, 1.807) is 12.1 Å². The number of rotatable bonds is 2. The van der Waals surface area contributed by atoms with Gasteiger partial charge >= 0.3 is 0 Å². The van der Waals surface area contributed by atoms with E-state index in [0.29, 0.717) is 23.2 Å². The normalized spacial score (nSPS) is 16.1. The van der Waals surface area contributed by atoms with Gasteiger partial charge in [0.1, 0.15) is 5.52 Å². The molecular formula is C10H9FN2O. The highest BCUT2D eigenvalue weighted by Crippen LogP contribution is 2.27. The lowest BCUT2D eigenvalue weighted by Crippen LogP contribution is -2.00. The summed E-state index contributed by atoms with van der Waals surface area (Å²) >= 11 is 0. The Hall–Kier alpha value is -1.58. The first-order valence-corrected chi connectivity index (χ1v) is 4.64. The Labute approximate surface area is 79.9 Å². The summed E-state index contributed by atoms with van der Waals surface area (Å²) in [5.41, 5.74) is 0.795. The van der Waals surface area contributed by atoms with Crippen molar-refractivity contribution in [2.75, 3.05) is 5.32 Å². The highest BCUT2D eigenvalue weighted by Gasteiger charge is 2.23. The first-order chi connectivity index (χ1) is 6.83. The number of para-hydroxylation sites is 1. The van der Waals surface area contributed by atoms with Crippen LogP contribution >= 0.6 is 0 Å². The predicted octanol–water partition coefficient (Wildman–Crippen LogP) is 2.54. The Morgan fingerprint density at radius 3 is 3.00 bits per heavy atom. The molecule has 1 heterocycles. The molecular weight excluding hydrogens is 183 g/mol. The van der Waals surface area contributed by atoms with E-state index in [0.717, 1.165) is 12.8 Å². The molecule has 0 unspecified atom stereocenters. The number of nitrogens with one attached hydrogen (secondary N) is 1. The van der Waals surface area contributed by atoms with E-state index in [1.807, 2.05) is 0 Å². The summed E-state index contributed by atoms with van der Waals surface area (Å²) in [6, 6.07) is 5.60. The van der Waals surface area contributed by atoms with Crippen molar-refractivity contribution < 1.29 is 8.81 Å². The zero-order valence-corrected chi connectivity index (χ0v) is 7.46. The van der Waals surface area contributed by atoms with Crippen LogP contribution in [0.5, 0.6) is 0 Å². The molecule has 0 aliphatic heterocycles. The van der Waals surface area contributed by atoms with Gasteiger partial charge in [-0.25, -0.2) is 4.39 Å². The fourth-order valence-corrected chi connectivity index (χ4v) is 1.38. The van der Waals surface area contributed by atoms with Crippen molar-refractivity contribution in [3.8, 4) is 0 Å². The maximum Gasteiger partial charge on any atom is 0.296 e. The zero-order chi connectivity index (χ0) is 9.54. The highest BCUT2D eigenvalue weighted by atomic mass is 19.1. The van der Waals surface area contributed by atoms with Gasteiger partial charge in [-0.15, -0.1) is 0 Å². The molecule has 0 radical (unpaired) electrons. The summed E-state index contributed by atoms with van der Waals surface area (Å²) in [4.78, 5) is 4.04. The van der Waals surface area contributed by atoms with Gasteiger partial charge in [-0.3, -0.25) is 0 Å². The van der Waals surface area contributed by atoms with Crippen molar-refractivity contribution in [1.29, 1.82) is 0 Å². The van der Waals surface area contributed by atoms with Gasteiger partial charge in [0.05, 0.1) is 0 Å². The standard InChI is InChI=1S/C10H9FN2O/c11-7-2-1-3-8-9(7)13-10(14-8)12-6-4-5-6/h1-3,6H,4-5H2,(H,12,13). The van der Waals surface area contributed by atoms with E-state index in [-0.39, 0.29) is 5.82 Å². The number of hydrogen-bond acceptors (Lipinski definition) is 3. The fraction of sp³-hybridized carbons (Fsp3) is 0.300. The Morgan fingerprint density at radius 2 is 2.29 bits per heavy atom. The summed E-state index contributed by atoms with van der Waals surface area (Å²) in [7, 11) is 0. The van der Waals surface area contributed by atoms with Crippen LogP contribution in [0, 0.1) is 5.82 Å². The van der Waals surface area contributed by atoms with E-state index >= 15 is 0 Å². The molecule has 2 aromatic rings. The summed E-state index contributed by atoms with van der Waals surface area (Å²) in [5.74, 6) is -0.338. The number of oxazole rings is 1. The topological polar surface area (TPSA) is 38.1 Å². The number of halogens is 1. The lowest BCUT2D eigenvalue weighted by Gasteiger charge is -1.93.